The first kappa shape index (κ1) is 11.2. The van der Waals surface area contributed by atoms with E-state index in [0.717, 1.165) is 0 Å². The van der Waals surface area contributed by atoms with E-state index >= 15 is 0 Å². The van der Waals surface area contributed by atoms with Crippen LogP contribution in [0.2, 0.25) is 0 Å². The molecule has 0 aromatic heterocycles. The van der Waals surface area contributed by atoms with Crippen molar-refractivity contribution in [3.8, 4) is 5.75 Å². The van der Waals surface area contributed by atoms with Gasteiger partial charge in [0.1, 0.15) is 5.75 Å². The molecule has 0 radical (unpaired) electrons. The molecule has 17 heavy (non-hydrogen) atoms. The molecular formula is C12H12N2O3. The Bertz CT molecular complexity index is 503. The zero-order valence-corrected chi connectivity index (χ0v) is 9.54. The van der Waals surface area contributed by atoms with Crippen molar-refractivity contribution < 1.29 is 14.6 Å². The summed E-state index contributed by atoms with van der Waals surface area (Å²) in [4.78, 5) is 11.3. The van der Waals surface area contributed by atoms with Crippen LogP contribution in [0.4, 0.5) is 0 Å². The van der Waals surface area contributed by atoms with E-state index in [1.807, 2.05) is 0 Å². The highest BCUT2D eigenvalue weighted by Gasteiger charge is 2.25. The molecule has 0 fully saturated rings. The monoisotopic (exact) mass is 232 g/mol. The largest absolute Gasteiger partial charge is 0.508 e. The molecule has 1 aliphatic rings. The van der Waals surface area contributed by atoms with Gasteiger partial charge in [-0.25, -0.2) is 0 Å². The SMILES string of the molecule is C/C=C1/OC(c2ccc(O)cc2)=NN1C(C)=O. The first-order chi connectivity index (χ1) is 8.11. The number of carbonyl (C=O) groups excluding carboxylic acids is 1. The number of amides is 1. The van der Waals surface area contributed by atoms with Crippen molar-refractivity contribution in [3.05, 3.63) is 41.8 Å². The molecule has 1 aromatic rings. The summed E-state index contributed by atoms with van der Waals surface area (Å²) in [6, 6.07) is 6.41. The highest BCUT2D eigenvalue weighted by Crippen LogP contribution is 2.21. The highest BCUT2D eigenvalue weighted by molar-refractivity contribution is 5.97. The third-order valence-corrected chi connectivity index (χ3v) is 2.26. The van der Waals surface area contributed by atoms with Gasteiger partial charge < -0.3 is 9.84 Å². The van der Waals surface area contributed by atoms with Gasteiger partial charge in [-0.1, -0.05) is 0 Å². The topological polar surface area (TPSA) is 62.1 Å². The molecule has 0 atom stereocenters. The molecule has 5 nitrogen and oxygen atoms in total. The molecule has 0 aliphatic carbocycles. The second-order valence-electron chi connectivity index (χ2n) is 3.51. The van der Waals surface area contributed by atoms with Gasteiger partial charge in [0.2, 0.25) is 17.7 Å². The molecule has 2 rings (SSSR count). The molecule has 1 N–H and O–H groups in total. The van der Waals surface area contributed by atoms with Crippen LogP contribution < -0.4 is 0 Å². The minimum absolute atomic E-state index is 0.169. The lowest BCUT2D eigenvalue weighted by atomic mass is 10.2. The molecule has 0 saturated heterocycles. The van der Waals surface area contributed by atoms with Crippen LogP contribution in [0.1, 0.15) is 19.4 Å². The van der Waals surface area contributed by atoms with E-state index < -0.39 is 0 Å². The number of phenols is 1. The van der Waals surface area contributed by atoms with Gasteiger partial charge in [-0.2, -0.15) is 5.01 Å². The first-order valence-electron chi connectivity index (χ1n) is 5.14. The lowest BCUT2D eigenvalue weighted by molar-refractivity contribution is -0.127. The fraction of sp³-hybridized carbons (Fsp3) is 0.167. The van der Waals surface area contributed by atoms with E-state index in [9.17, 15) is 9.90 Å². The predicted molar refractivity (Wildman–Crippen MR) is 62.0 cm³/mol. The maximum atomic E-state index is 11.3. The van der Waals surface area contributed by atoms with Gasteiger partial charge in [0, 0.05) is 12.5 Å². The summed E-state index contributed by atoms with van der Waals surface area (Å²) in [6.07, 6.45) is 1.66. The van der Waals surface area contributed by atoms with E-state index in [0.29, 0.717) is 17.3 Å². The van der Waals surface area contributed by atoms with Crippen LogP contribution in [-0.2, 0) is 9.53 Å². The molecule has 0 saturated carbocycles. The molecule has 1 aliphatic heterocycles. The van der Waals surface area contributed by atoms with Crippen molar-refractivity contribution in [2.24, 2.45) is 5.10 Å². The number of phenolic OH excluding ortho intramolecular Hbond substituents is 1. The second kappa shape index (κ2) is 4.29. The van der Waals surface area contributed by atoms with Gasteiger partial charge in [-0.15, -0.1) is 5.10 Å². The molecule has 5 heteroatoms. The molecule has 0 bridgehead atoms. The Morgan fingerprint density at radius 1 is 1.41 bits per heavy atom. The van der Waals surface area contributed by atoms with Crippen LogP contribution in [0.3, 0.4) is 0 Å². The molecule has 1 aromatic carbocycles. The van der Waals surface area contributed by atoms with Crippen molar-refractivity contribution in [1.29, 1.82) is 0 Å². The van der Waals surface area contributed by atoms with Gasteiger partial charge in [0.05, 0.1) is 0 Å². The number of carbonyl (C=O) groups is 1. The average molecular weight is 232 g/mol. The number of aromatic hydroxyl groups is 1. The number of ether oxygens (including phenoxy) is 1. The third-order valence-electron chi connectivity index (χ3n) is 2.26. The lowest BCUT2D eigenvalue weighted by Crippen LogP contribution is -2.18. The Morgan fingerprint density at radius 2 is 2.06 bits per heavy atom. The standard InChI is InChI=1S/C12H12N2O3/c1-3-11-14(8(2)15)13-12(17-11)9-4-6-10(16)7-5-9/h3-7,16H,1-2H3/b11-3+. The van der Waals surface area contributed by atoms with Gasteiger partial charge in [0.15, 0.2) is 0 Å². The minimum atomic E-state index is -0.216. The average Bonchev–Trinajstić information content (AvgIpc) is 2.74. The molecular weight excluding hydrogens is 220 g/mol. The Balaban J connectivity index is 2.32. The zero-order chi connectivity index (χ0) is 12.4. The second-order valence-corrected chi connectivity index (χ2v) is 3.51. The summed E-state index contributed by atoms with van der Waals surface area (Å²) in [5.74, 6) is 0.683. The summed E-state index contributed by atoms with van der Waals surface area (Å²) in [5.41, 5.74) is 0.700. The summed E-state index contributed by atoms with van der Waals surface area (Å²) < 4.78 is 5.44. The molecule has 1 amide bonds. The number of rotatable bonds is 1. The van der Waals surface area contributed by atoms with E-state index in [4.69, 9.17) is 4.74 Å². The van der Waals surface area contributed by atoms with Crippen molar-refractivity contribution in [1.82, 2.24) is 5.01 Å². The quantitative estimate of drug-likeness (QED) is 0.803. The molecule has 88 valence electrons. The van der Waals surface area contributed by atoms with E-state index in [1.54, 1.807) is 25.1 Å². The number of hydrogen-bond acceptors (Lipinski definition) is 4. The van der Waals surface area contributed by atoms with Crippen LogP contribution in [0.5, 0.6) is 5.75 Å². The molecule has 0 spiro atoms. The van der Waals surface area contributed by atoms with Gasteiger partial charge in [0.25, 0.3) is 0 Å². The molecule has 0 unspecified atom stereocenters. The van der Waals surface area contributed by atoms with Gasteiger partial charge >= 0.3 is 0 Å². The maximum absolute atomic E-state index is 11.3. The Labute approximate surface area is 98.6 Å². The van der Waals surface area contributed by atoms with Gasteiger partial charge in [-0.3, -0.25) is 4.79 Å². The van der Waals surface area contributed by atoms with E-state index in [2.05, 4.69) is 5.10 Å². The summed E-state index contributed by atoms with van der Waals surface area (Å²) >= 11 is 0. The number of nitrogens with zero attached hydrogens (tertiary/aromatic N) is 2. The normalized spacial score (nSPS) is 16.9. The van der Waals surface area contributed by atoms with Crippen LogP contribution in [0.15, 0.2) is 41.3 Å². The number of hydrogen-bond donors (Lipinski definition) is 1. The number of benzene rings is 1. The first-order valence-corrected chi connectivity index (χ1v) is 5.14. The Morgan fingerprint density at radius 3 is 2.53 bits per heavy atom. The lowest BCUT2D eigenvalue weighted by Gasteiger charge is -2.07. The fourth-order valence-corrected chi connectivity index (χ4v) is 1.43. The van der Waals surface area contributed by atoms with Crippen molar-refractivity contribution >= 4 is 11.8 Å². The van der Waals surface area contributed by atoms with Gasteiger partial charge in [-0.05, 0) is 37.3 Å². The van der Waals surface area contributed by atoms with Crippen LogP contribution in [-0.4, -0.2) is 21.9 Å². The van der Waals surface area contributed by atoms with E-state index in [-0.39, 0.29) is 11.7 Å². The van der Waals surface area contributed by atoms with Crippen LogP contribution in [0, 0.1) is 0 Å². The Kier molecular flexibility index (Phi) is 2.82. The summed E-state index contributed by atoms with van der Waals surface area (Å²) in [5, 5.41) is 14.4. The van der Waals surface area contributed by atoms with E-state index in [1.165, 1.54) is 24.1 Å². The van der Waals surface area contributed by atoms with Crippen molar-refractivity contribution in [3.63, 3.8) is 0 Å². The number of allylic oxidation sites excluding steroid dienone is 1. The highest BCUT2D eigenvalue weighted by atomic mass is 16.5. The maximum Gasteiger partial charge on any atom is 0.247 e. The smallest absolute Gasteiger partial charge is 0.247 e. The van der Waals surface area contributed by atoms with Crippen molar-refractivity contribution in [2.45, 2.75) is 13.8 Å². The Hall–Kier alpha value is -2.30. The third kappa shape index (κ3) is 2.13. The molecule has 1 heterocycles. The fourth-order valence-electron chi connectivity index (χ4n) is 1.43. The zero-order valence-electron chi connectivity index (χ0n) is 9.54. The summed E-state index contributed by atoms with van der Waals surface area (Å²) in [6.45, 7) is 3.18. The summed E-state index contributed by atoms with van der Waals surface area (Å²) in [7, 11) is 0. The predicted octanol–water partition coefficient (Wildman–Crippen LogP) is 1.79. The van der Waals surface area contributed by atoms with Crippen LogP contribution >= 0.6 is 0 Å². The van der Waals surface area contributed by atoms with Crippen molar-refractivity contribution in [2.75, 3.05) is 0 Å². The minimum Gasteiger partial charge on any atom is -0.508 e. The van der Waals surface area contributed by atoms with Crippen LogP contribution in [0.25, 0.3) is 0 Å². The number of hydrazone groups is 1.